The number of anilines is 1. The number of phosphoric ester groups is 1. The number of unbranched alkanes of at least 4 members (excludes halogenated alkanes) is 2. The quantitative estimate of drug-likeness (QED) is 0.0790. The van der Waals surface area contributed by atoms with Crippen molar-refractivity contribution in [2.75, 3.05) is 18.5 Å². The number of rotatable bonds is 18. The van der Waals surface area contributed by atoms with Crippen molar-refractivity contribution in [1.82, 2.24) is 15.1 Å². The first kappa shape index (κ1) is 32.3. The van der Waals surface area contributed by atoms with Gasteiger partial charge in [0.2, 0.25) is 5.91 Å². The van der Waals surface area contributed by atoms with Crippen LogP contribution in [0, 0.1) is 31.6 Å². The van der Waals surface area contributed by atoms with E-state index in [1.165, 1.54) is 0 Å². The predicted molar refractivity (Wildman–Crippen MR) is 159 cm³/mol. The average Bonchev–Trinajstić information content (AvgIpc) is 3.88. The number of aryl methyl sites for hydroxylation is 1. The van der Waals surface area contributed by atoms with Crippen molar-refractivity contribution in [2.24, 2.45) is 17.8 Å². The van der Waals surface area contributed by atoms with Crippen LogP contribution in [0.5, 0.6) is 0 Å². The number of aromatic nitrogens is 2. The van der Waals surface area contributed by atoms with Gasteiger partial charge in [-0.2, -0.15) is 5.10 Å². The molecule has 1 unspecified atom stereocenters. The van der Waals surface area contributed by atoms with E-state index in [-0.39, 0.29) is 25.9 Å². The summed E-state index contributed by atoms with van der Waals surface area (Å²) in [6.07, 6.45) is 5.64. The van der Waals surface area contributed by atoms with Gasteiger partial charge in [-0.15, -0.1) is 4.39 Å². The third kappa shape index (κ3) is 8.72. The van der Waals surface area contributed by atoms with Crippen LogP contribution in [0.2, 0.25) is 0 Å². The zero-order valence-electron chi connectivity index (χ0n) is 25.1. The smallest absolute Gasteiger partial charge is 0.324 e. The second-order valence-electron chi connectivity index (χ2n) is 11.3. The first-order valence-corrected chi connectivity index (χ1v) is 16.6. The predicted octanol–water partition coefficient (Wildman–Crippen LogP) is 7.30. The van der Waals surface area contributed by atoms with E-state index in [9.17, 15) is 18.5 Å². The fourth-order valence-electron chi connectivity index (χ4n) is 5.41. The van der Waals surface area contributed by atoms with Gasteiger partial charge in [0.05, 0.1) is 18.9 Å². The first-order valence-electron chi connectivity index (χ1n) is 15.1. The highest BCUT2D eigenvalue weighted by Crippen LogP contribution is 2.51. The van der Waals surface area contributed by atoms with Crippen LogP contribution in [0.15, 0.2) is 24.3 Å². The summed E-state index contributed by atoms with van der Waals surface area (Å²) in [6.45, 7) is 8.29. The van der Waals surface area contributed by atoms with Gasteiger partial charge in [-0.05, 0) is 87.8 Å². The molecule has 2 aromatic rings. The fraction of sp³-hybridized carbons (Fsp3) is 0.633. The maximum absolute atomic E-state index is 13.4. The van der Waals surface area contributed by atoms with Crippen LogP contribution >= 0.6 is 7.82 Å². The van der Waals surface area contributed by atoms with E-state index in [4.69, 9.17) is 13.6 Å². The van der Waals surface area contributed by atoms with Crippen molar-refractivity contribution < 1.29 is 32.1 Å². The number of carbonyl (C=O) groups is 2. The molecule has 10 nitrogen and oxygen atoms in total. The molecule has 4 rings (SSSR count). The second kappa shape index (κ2) is 14.7. The minimum atomic E-state index is -3.74. The molecule has 1 heterocycles. The summed E-state index contributed by atoms with van der Waals surface area (Å²) in [7, 11) is -3.74. The van der Waals surface area contributed by atoms with Gasteiger partial charge in [-0.25, -0.2) is 14.0 Å². The highest BCUT2D eigenvalue weighted by atomic mass is 31.2. The van der Waals surface area contributed by atoms with Crippen LogP contribution in [0.1, 0.15) is 76.6 Å². The highest BCUT2D eigenvalue weighted by molar-refractivity contribution is 7.48. The molecule has 1 atom stereocenters. The zero-order valence-corrected chi connectivity index (χ0v) is 26.0. The molecule has 42 heavy (non-hydrogen) atoms. The Morgan fingerprint density at radius 1 is 1.00 bits per heavy atom. The van der Waals surface area contributed by atoms with Crippen molar-refractivity contribution in [3.05, 3.63) is 35.7 Å². The molecular formula is C30H44FN4O6P. The van der Waals surface area contributed by atoms with Crippen LogP contribution in [-0.4, -0.2) is 41.1 Å². The van der Waals surface area contributed by atoms with Crippen LogP contribution in [-0.2, 0) is 29.7 Å². The summed E-state index contributed by atoms with van der Waals surface area (Å²) < 4.78 is 44.9. The standard InChI is InChI=1S/C30H44FN4O6P/c1-5-7-17-39-42(38,40-18-8-6-2)41-19-35-21(4)26(20(3)34-35)22-13-15-25(16-14-22)32-29(36)28(33-30(31)37)27(23-9-10-23)24-11-12-24/h13-16,23-24,27-28H,5-12,17-19H2,1-4H3,(H,32,36)(H,33,37). The average molecular weight is 607 g/mol. The number of amides is 2. The number of hydrogen-bond acceptors (Lipinski definition) is 7. The molecule has 2 saturated carbocycles. The number of carbonyl (C=O) groups excluding carboxylic acids is 2. The fourth-order valence-corrected chi connectivity index (χ4v) is 6.59. The first-order chi connectivity index (χ1) is 20.2. The van der Waals surface area contributed by atoms with E-state index in [0.29, 0.717) is 17.5 Å². The summed E-state index contributed by atoms with van der Waals surface area (Å²) >= 11 is 0. The molecule has 0 radical (unpaired) electrons. The number of benzene rings is 1. The zero-order chi connectivity index (χ0) is 30.3. The van der Waals surface area contributed by atoms with Gasteiger partial charge >= 0.3 is 14.0 Å². The van der Waals surface area contributed by atoms with Gasteiger partial charge in [0.15, 0.2) is 6.73 Å². The maximum atomic E-state index is 13.4. The molecule has 232 valence electrons. The number of nitrogens with one attached hydrogen (secondary N) is 2. The normalized spacial score (nSPS) is 16.0. The van der Waals surface area contributed by atoms with Gasteiger partial charge < -0.3 is 10.6 Å². The Morgan fingerprint density at radius 2 is 1.57 bits per heavy atom. The summed E-state index contributed by atoms with van der Waals surface area (Å²) in [5.41, 5.74) is 3.87. The van der Waals surface area contributed by atoms with E-state index in [1.807, 2.05) is 39.8 Å². The van der Waals surface area contributed by atoms with Gasteiger partial charge in [-0.1, -0.05) is 38.8 Å². The van der Waals surface area contributed by atoms with Crippen molar-refractivity contribution >= 4 is 25.6 Å². The second-order valence-corrected chi connectivity index (χ2v) is 13.0. The Morgan fingerprint density at radius 3 is 2.07 bits per heavy atom. The van der Waals surface area contributed by atoms with Gasteiger partial charge in [0.1, 0.15) is 6.04 Å². The van der Waals surface area contributed by atoms with Crippen molar-refractivity contribution in [3.8, 4) is 11.1 Å². The lowest BCUT2D eigenvalue weighted by atomic mass is 9.88. The van der Waals surface area contributed by atoms with Crippen LogP contribution in [0.4, 0.5) is 14.9 Å². The van der Waals surface area contributed by atoms with E-state index in [1.54, 1.807) is 16.8 Å². The molecule has 1 aromatic carbocycles. The summed E-state index contributed by atoms with van der Waals surface area (Å²) in [4.78, 5) is 24.5. The van der Waals surface area contributed by atoms with E-state index < -0.39 is 25.9 Å². The summed E-state index contributed by atoms with van der Waals surface area (Å²) in [5, 5.41) is 9.72. The highest BCUT2D eigenvalue weighted by Gasteiger charge is 2.48. The van der Waals surface area contributed by atoms with Crippen LogP contribution < -0.4 is 10.6 Å². The third-order valence-electron chi connectivity index (χ3n) is 7.92. The Kier molecular flexibility index (Phi) is 11.3. The summed E-state index contributed by atoms with van der Waals surface area (Å²) in [6, 6.07) is 6.39. The van der Waals surface area contributed by atoms with Gasteiger partial charge in [0, 0.05) is 16.9 Å². The summed E-state index contributed by atoms with van der Waals surface area (Å²) in [5.74, 6) is 0.274. The van der Waals surface area contributed by atoms with Crippen LogP contribution in [0.3, 0.4) is 0 Å². The molecule has 0 saturated heterocycles. The Bertz CT molecular complexity index is 1240. The molecule has 0 bridgehead atoms. The molecule has 2 N–H and O–H groups in total. The SMILES string of the molecule is CCCCOP(=O)(OCCCC)OCn1nc(C)c(-c2ccc(NC(=O)C(NC(=O)F)C(C3CC3)C3CC3)cc2)c1C. The molecule has 2 amide bonds. The van der Waals surface area contributed by atoms with Crippen LogP contribution in [0.25, 0.3) is 11.1 Å². The van der Waals surface area contributed by atoms with Crippen molar-refractivity contribution in [2.45, 2.75) is 91.8 Å². The molecular weight excluding hydrogens is 562 g/mol. The molecule has 2 aliphatic carbocycles. The Labute approximate surface area is 247 Å². The Hall–Kier alpha value is -2.59. The van der Waals surface area contributed by atoms with Crippen molar-refractivity contribution in [3.63, 3.8) is 0 Å². The lowest BCUT2D eigenvalue weighted by molar-refractivity contribution is -0.119. The Balaban J connectivity index is 1.43. The van der Waals surface area contributed by atoms with E-state index in [0.717, 1.165) is 73.9 Å². The number of phosphoric acid groups is 1. The number of hydrogen-bond donors (Lipinski definition) is 2. The number of nitrogens with zero attached hydrogens (tertiary/aromatic N) is 2. The molecule has 1 aromatic heterocycles. The van der Waals surface area contributed by atoms with Crippen molar-refractivity contribution in [1.29, 1.82) is 0 Å². The minimum absolute atomic E-state index is 0.0354. The molecule has 12 heteroatoms. The number of halogens is 1. The molecule has 0 aliphatic heterocycles. The monoisotopic (exact) mass is 606 g/mol. The van der Waals surface area contributed by atoms with E-state index >= 15 is 0 Å². The maximum Gasteiger partial charge on any atom is 0.476 e. The van der Waals surface area contributed by atoms with Gasteiger partial charge in [-0.3, -0.25) is 18.4 Å². The van der Waals surface area contributed by atoms with Gasteiger partial charge in [0.25, 0.3) is 0 Å². The molecule has 2 fully saturated rings. The molecule has 2 aliphatic rings. The minimum Gasteiger partial charge on any atom is -0.324 e. The largest absolute Gasteiger partial charge is 0.476 e. The third-order valence-corrected chi connectivity index (χ3v) is 9.35. The van der Waals surface area contributed by atoms with E-state index in [2.05, 4.69) is 15.7 Å². The molecule has 0 spiro atoms. The lowest BCUT2D eigenvalue weighted by Crippen LogP contribution is -2.48. The topological polar surface area (TPSA) is 121 Å². The lowest BCUT2D eigenvalue weighted by Gasteiger charge is -2.26.